The number of benzene rings is 1. The molecule has 2 aromatic rings. The zero-order valence-corrected chi connectivity index (χ0v) is 13.7. The molecule has 0 aliphatic carbocycles. The van der Waals surface area contributed by atoms with Crippen LogP contribution in [0.25, 0.3) is 0 Å². The molecule has 0 aliphatic rings. The second-order valence-electron chi connectivity index (χ2n) is 5.17. The van der Waals surface area contributed by atoms with Gasteiger partial charge in [-0.25, -0.2) is 9.18 Å². The third-order valence-electron chi connectivity index (χ3n) is 3.55. The van der Waals surface area contributed by atoms with Crippen molar-refractivity contribution in [2.45, 2.75) is 26.3 Å². The van der Waals surface area contributed by atoms with Crippen molar-refractivity contribution >= 4 is 23.3 Å². The van der Waals surface area contributed by atoms with Crippen LogP contribution in [0.5, 0.6) is 0 Å². The molecule has 0 unspecified atom stereocenters. The predicted octanol–water partition coefficient (Wildman–Crippen LogP) is 3.34. The summed E-state index contributed by atoms with van der Waals surface area (Å²) in [6.07, 6.45) is 1.89. The highest BCUT2D eigenvalue weighted by Gasteiger charge is 2.18. The average Bonchev–Trinajstić information content (AvgIpc) is 3.00. The number of halogens is 1. The lowest BCUT2D eigenvalue weighted by Crippen LogP contribution is -2.29. The average molecular weight is 334 g/mol. The van der Waals surface area contributed by atoms with E-state index < -0.39 is 23.7 Å². The standard InChI is InChI=1S/C17H19FN2O4/c1-4-14(17(22)23-3)19-11-5-6-13(18)15(9-11)20-16(21)12-7-8-24-10(12)2/h5-9,14,19H,4H2,1-3H3,(H,20,21)/t14-/m1/s1. The van der Waals surface area contributed by atoms with E-state index in [1.165, 1.54) is 37.6 Å². The monoisotopic (exact) mass is 334 g/mol. The molecule has 1 aromatic heterocycles. The summed E-state index contributed by atoms with van der Waals surface area (Å²) in [4.78, 5) is 23.8. The van der Waals surface area contributed by atoms with Crippen LogP contribution in [0.15, 0.2) is 34.9 Å². The van der Waals surface area contributed by atoms with Gasteiger partial charge in [-0.15, -0.1) is 0 Å². The molecule has 2 N–H and O–H groups in total. The molecule has 24 heavy (non-hydrogen) atoms. The van der Waals surface area contributed by atoms with Gasteiger partial charge in [0, 0.05) is 5.69 Å². The topological polar surface area (TPSA) is 80.6 Å². The number of esters is 1. The minimum absolute atomic E-state index is 0.00492. The third kappa shape index (κ3) is 3.92. The van der Waals surface area contributed by atoms with Crippen LogP contribution < -0.4 is 10.6 Å². The highest BCUT2D eigenvalue weighted by atomic mass is 19.1. The summed E-state index contributed by atoms with van der Waals surface area (Å²) in [5.74, 6) is -1.03. The molecule has 0 saturated heterocycles. The van der Waals surface area contributed by atoms with Crippen LogP contribution in [0.1, 0.15) is 29.5 Å². The Labute approximate surface area is 139 Å². The predicted molar refractivity (Wildman–Crippen MR) is 87.5 cm³/mol. The Hall–Kier alpha value is -2.83. The number of carbonyl (C=O) groups is 2. The number of anilines is 2. The number of hydrogen-bond donors (Lipinski definition) is 2. The molecule has 6 nitrogen and oxygen atoms in total. The van der Waals surface area contributed by atoms with Gasteiger partial charge in [-0.1, -0.05) is 6.92 Å². The zero-order valence-electron chi connectivity index (χ0n) is 13.7. The van der Waals surface area contributed by atoms with Crippen LogP contribution in [-0.4, -0.2) is 25.0 Å². The maximum absolute atomic E-state index is 14.0. The first kappa shape index (κ1) is 17.5. The molecule has 0 aliphatic heterocycles. The van der Waals surface area contributed by atoms with Crippen molar-refractivity contribution in [2.24, 2.45) is 0 Å². The first-order chi connectivity index (χ1) is 11.5. The second kappa shape index (κ2) is 7.63. The molecule has 1 heterocycles. The van der Waals surface area contributed by atoms with Gasteiger partial charge in [-0.2, -0.15) is 0 Å². The van der Waals surface area contributed by atoms with E-state index in [0.717, 1.165) is 0 Å². The fourth-order valence-corrected chi connectivity index (χ4v) is 2.19. The van der Waals surface area contributed by atoms with E-state index in [1.807, 2.05) is 6.92 Å². The van der Waals surface area contributed by atoms with Crippen LogP contribution in [0.4, 0.5) is 15.8 Å². The Bertz CT molecular complexity index is 742. The summed E-state index contributed by atoms with van der Waals surface area (Å²) in [5, 5.41) is 5.45. The third-order valence-corrected chi connectivity index (χ3v) is 3.55. The number of amides is 1. The molecule has 1 amide bonds. The number of aryl methyl sites for hydroxylation is 1. The van der Waals surface area contributed by atoms with Crippen molar-refractivity contribution < 1.29 is 23.1 Å². The summed E-state index contributed by atoms with van der Waals surface area (Å²) in [6.45, 7) is 3.47. The molecule has 0 saturated carbocycles. The molecule has 7 heteroatoms. The minimum Gasteiger partial charge on any atom is -0.469 e. The molecular weight excluding hydrogens is 315 g/mol. The fraction of sp³-hybridized carbons (Fsp3) is 0.294. The van der Waals surface area contributed by atoms with Crippen LogP contribution in [-0.2, 0) is 9.53 Å². The molecule has 1 aromatic carbocycles. The Morgan fingerprint density at radius 2 is 2.08 bits per heavy atom. The van der Waals surface area contributed by atoms with E-state index in [1.54, 1.807) is 6.92 Å². The van der Waals surface area contributed by atoms with Crippen LogP contribution in [0.3, 0.4) is 0 Å². The van der Waals surface area contributed by atoms with Crippen molar-refractivity contribution in [2.75, 3.05) is 17.7 Å². The van der Waals surface area contributed by atoms with Crippen LogP contribution in [0.2, 0.25) is 0 Å². The van der Waals surface area contributed by atoms with Crippen molar-refractivity contribution in [3.63, 3.8) is 0 Å². The van der Waals surface area contributed by atoms with Crippen molar-refractivity contribution in [1.82, 2.24) is 0 Å². The summed E-state index contributed by atoms with van der Waals surface area (Å²) < 4.78 is 23.7. The van der Waals surface area contributed by atoms with E-state index in [2.05, 4.69) is 10.6 Å². The van der Waals surface area contributed by atoms with Gasteiger partial charge in [0.05, 0.1) is 24.6 Å². The highest BCUT2D eigenvalue weighted by molar-refractivity contribution is 6.05. The van der Waals surface area contributed by atoms with E-state index in [4.69, 9.17) is 9.15 Å². The fourth-order valence-electron chi connectivity index (χ4n) is 2.19. The Morgan fingerprint density at radius 3 is 2.67 bits per heavy atom. The molecule has 0 radical (unpaired) electrons. The lowest BCUT2D eigenvalue weighted by atomic mass is 10.2. The Balaban J connectivity index is 2.18. The van der Waals surface area contributed by atoms with Crippen LogP contribution >= 0.6 is 0 Å². The first-order valence-corrected chi connectivity index (χ1v) is 7.45. The number of rotatable bonds is 6. The van der Waals surface area contributed by atoms with Crippen molar-refractivity contribution in [3.05, 3.63) is 47.7 Å². The normalized spacial score (nSPS) is 11.7. The summed E-state index contributed by atoms with van der Waals surface area (Å²) in [5.41, 5.74) is 0.826. The summed E-state index contributed by atoms with van der Waals surface area (Å²) >= 11 is 0. The number of methoxy groups -OCH3 is 1. The molecule has 1 atom stereocenters. The smallest absolute Gasteiger partial charge is 0.328 e. The number of nitrogens with one attached hydrogen (secondary N) is 2. The second-order valence-corrected chi connectivity index (χ2v) is 5.17. The van der Waals surface area contributed by atoms with E-state index in [-0.39, 0.29) is 5.69 Å². The van der Waals surface area contributed by atoms with Gasteiger partial charge in [0.15, 0.2) is 0 Å². The van der Waals surface area contributed by atoms with E-state index in [0.29, 0.717) is 23.4 Å². The zero-order chi connectivity index (χ0) is 17.7. The van der Waals surface area contributed by atoms with Gasteiger partial charge in [0.1, 0.15) is 17.6 Å². The minimum atomic E-state index is -0.582. The SMILES string of the molecule is CC[C@@H](Nc1ccc(F)c(NC(=O)c2ccoc2C)c1)C(=O)OC. The lowest BCUT2D eigenvalue weighted by Gasteiger charge is -2.17. The molecule has 128 valence electrons. The van der Waals surface area contributed by atoms with Gasteiger partial charge in [0.2, 0.25) is 0 Å². The summed E-state index contributed by atoms with van der Waals surface area (Å²) in [6, 6.07) is 5.08. The Kier molecular flexibility index (Phi) is 5.57. The number of ether oxygens (including phenoxy) is 1. The quantitative estimate of drug-likeness (QED) is 0.792. The first-order valence-electron chi connectivity index (χ1n) is 7.45. The number of furan rings is 1. The molecule has 0 bridgehead atoms. The molecule has 2 rings (SSSR count). The lowest BCUT2D eigenvalue weighted by molar-refractivity contribution is -0.141. The van der Waals surface area contributed by atoms with Crippen molar-refractivity contribution in [1.29, 1.82) is 0 Å². The Morgan fingerprint density at radius 1 is 1.33 bits per heavy atom. The van der Waals surface area contributed by atoms with Gasteiger partial charge in [0.25, 0.3) is 5.91 Å². The number of hydrogen-bond acceptors (Lipinski definition) is 5. The largest absolute Gasteiger partial charge is 0.469 e. The van der Waals surface area contributed by atoms with E-state index in [9.17, 15) is 14.0 Å². The van der Waals surface area contributed by atoms with Gasteiger partial charge in [-0.05, 0) is 37.6 Å². The molecular formula is C17H19FN2O4. The summed E-state index contributed by atoms with van der Waals surface area (Å²) in [7, 11) is 1.30. The van der Waals surface area contributed by atoms with E-state index >= 15 is 0 Å². The van der Waals surface area contributed by atoms with Gasteiger partial charge in [-0.3, -0.25) is 4.79 Å². The molecule has 0 fully saturated rings. The number of carbonyl (C=O) groups excluding carboxylic acids is 2. The van der Waals surface area contributed by atoms with Gasteiger partial charge >= 0.3 is 5.97 Å². The maximum Gasteiger partial charge on any atom is 0.328 e. The van der Waals surface area contributed by atoms with Crippen molar-refractivity contribution in [3.8, 4) is 0 Å². The van der Waals surface area contributed by atoms with Gasteiger partial charge < -0.3 is 19.8 Å². The maximum atomic E-state index is 14.0. The highest BCUT2D eigenvalue weighted by Crippen LogP contribution is 2.22. The molecule has 0 spiro atoms. The van der Waals surface area contributed by atoms with Crippen LogP contribution in [0, 0.1) is 12.7 Å².